The number of hydrogen-bond acceptors (Lipinski definition) is 7. The number of nitro benzene ring substituents is 1. The number of nitriles is 1. The molecule has 0 aliphatic carbocycles. The minimum atomic E-state index is -0.532. The summed E-state index contributed by atoms with van der Waals surface area (Å²) in [4.78, 5) is 14.9. The lowest BCUT2D eigenvalue weighted by molar-refractivity contribution is -0.384. The Morgan fingerprint density at radius 2 is 2.07 bits per heavy atom. The van der Waals surface area contributed by atoms with Crippen LogP contribution in [-0.4, -0.2) is 15.1 Å². The lowest BCUT2D eigenvalue weighted by atomic mass is 10.0. The van der Waals surface area contributed by atoms with Crippen molar-refractivity contribution >= 4 is 11.4 Å². The minimum Gasteiger partial charge on any atom is -0.370 e. The minimum absolute atomic E-state index is 0.141. The fourth-order valence-electron chi connectivity index (χ4n) is 2.66. The number of aryl methyl sites for hydroxylation is 1. The molecule has 136 valence electrons. The van der Waals surface area contributed by atoms with Crippen molar-refractivity contribution in [2.75, 3.05) is 5.32 Å². The number of nitrogens with one attached hydrogen (secondary N) is 1. The van der Waals surface area contributed by atoms with Gasteiger partial charge in [-0.25, -0.2) is 0 Å². The third kappa shape index (κ3) is 4.10. The fraction of sp³-hybridized carbons (Fsp3) is 0.211. The van der Waals surface area contributed by atoms with Crippen molar-refractivity contribution in [1.29, 1.82) is 5.26 Å². The summed E-state index contributed by atoms with van der Waals surface area (Å²) in [6.07, 6.45) is 1.56. The van der Waals surface area contributed by atoms with Gasteiger partial charge in [-0.2, -0.15) is 10.2 Å². The zero-order valence-electron chi connectivity index (χ0n) is 14.6. The van der Waals surface area contributed by atoms with Gasteiger partial charge < -0.3 is 9.84 Å². The first-order chi connectivity index (χ1) is 13.1. The molecule has 1 aromatic heterocycles. The summed E-state index contributed by atoms with van der Waals surface area (Å²) in [6, 6.07) is 15.1. The van der Waals surface area contributed by atoms with Gasteiger partial charge in [-0.3, -0.25) is 10.1 Å². The Morgan fingerprint density at radius 1 is 1.30 bits per heavy atom. The van der Waals surface area contributed by atoms with E-state index in [2.05, 4.69) is 15.5 Å². The van der Waals surface area contributed by atoms with Crippen LogP contribution < -0.4 is 5.32 Å². The summed E-state index contributed by atoms with van der Waals surface area (Å²) in [6.45, 7) is 2.02. The SMILES string of the molecule is CCCc1nc(C(Nc2ccc([N+](=O)[O-])cc2C#N)c2ccccc2)no1. The molecule has 1 heterocycles. The van der Waals surface area contributed by atoms with Crippen molar-refractivity contribution in [3.63, 3.8) is 0 Å². The maximum absolute atomic E-state index is 11.0. The van der Waals surface area contributed by atoms with Crippen LogP contribution in [0.2, 0.25) is 0 Å². The molecule has 0 saturated heterocycles. The normalized spacial score (nSPS) is 11.6. The summed E-state index contributed by atoms with van der Waals surface area (Å²) in [5, 5.41) is 27.6. The van der Waals surface area contributed by atoms with Crippen LogP contribution in [0.25, 0.3) is 0 Å². The highest BCUT2D eigenvalue weighted by Crippen LogP contribution is 2.29. The van der Waals surface area contributed by atoms with Gasteiger partial charge in [-0.05, 0) is 18.1 Å². The summed E-state index contributed by atoms with van der Waals surface area (Å²) in [7, 11) is 0. The Labute approximate surface area is 155 Å². The topological polar surface area (TPSA) is 118 Å². The highest BCUT2D eigenvalue weighted by molar-refractivity contribution is 5.62. The van der Waals surface area contributed by atoms with Gasteiger partial charge >= 0.3 is 0 Å². The molecule has 1 N–H and O–H groups in total. The second kappa shape index (κ2) is 8.10. The van der Waals surface area contributed by atoms with Crippen LogP contribution in [0.3, 0.4) is 0 Å². The van der Waals surface area contributed by atoms with E-state index in [1.807, 2.05) is 43.3 Å². The average Bonchev–Trinajstić information content (AvgIpc) is 3.15. The first-order valence-corrected chi connectivity index (χ1v) is 8.45. The molecule has 1 atom stereocenters. The quantitative estimate of drug-likeness (QED) is 0.498. The molecule has 3 aromatic rings. The lowest BCUT2D eigenvalue weighted by Crippen LogP contribution is -2.15. The lowest BCUT2D eigenvalue weighted by Gasteiger charge is -2.18. The number of nitro groups is 1. The van der Waals surface area contributed by atoms with E-state index in [-0.39, 0.29) is 11.3 Å². The number of benzene rings is 2. The molecule has 0 aliphatic rings. The molecular formula is C19H17N5O3. The Balaban J connectivity index is 1.99. The summed E-state index contributed by atoms with van der Waals surface area (Å²) in [5.74, 6) is 0.978. The van der Waals surface area contributed by atoms with Crippen molar-refractivity contribution in [3.05, 3.63) is 81.5 Å². The molecule has 0 radical (unpaired) electrons. The molecule has 1 unspecified atom stereocenters. The molecule has 0 bridgehead atoms. The van der Waals surface area contributed by atoms with Crippen molar-refractivity contribution in [1.82, 2.24) is 10.1 Å². The van der Waals surface area contributed by atoms with Gasteiger partial charge in [-0.1, -0.05) is 42.4 Å². The van der Waals surface area contributed by atoms with Gasteiger partial charge in [0.1, 0.15) is 12.1 Å². The largest absolute Gasteiger partial charge is 0.370 e. The van der Waals surface area contributed by atoms with E-state index in [9.17, 15) is 15.4 Å². The van der Waals surface area contributed by atoms with Crippen LogP contribution in [0.15, 0.2) is 53.1 Å². The number of rotatable bonds is 7. The predicted molar refractivity (Wildman–Crippen MR) is 98.0 cm³/mol. The molecule has 0 aliphatic heterocycles. The molecule has 8 nitrogen and oxygen atoms in total. The zero-order valence-corrected chi connectivity index (χ0v) is 14.6. The van der Waals surface area contributed by atoms with Crippen molar-refractivity contribution < 1.29 is 9.45 Å². The second-order valence-electron chi connectivity index (χ2n) is 5.88. The van der Waals surface area contributed by atoms with Crippen LogP contribution in [0, 0.1) is 21.4 Å². The predicted octanol–water partition coefficient (Wildman–Crippen LogP) is 4.00. The first kappa shape index (κ1) is 18.1. The smallest absolute Gasteiger partial charge is 0.270 e. The monoisotopic (exact) mass is 363 g/mol. The zero-order chi connectivity index (χ0) is 19.2. The van der Waals surface area contributed by atoms with E-state index in [0.29, 0.717) is 23.8 Å². The van der Waals surface area contributed by atoms with Crippen LogP contribution in [-0.2, 0) is 6.42 Å². The molecule has 0 amide bonds. The van der Waals surface area contributed by atoms with E-state index < -0.39 is 11.0 Å². The number of hydrogen-bond donors (Lipinski definition) is 1. The van der Waals surface area contributed by atoms with Gasteiger partial charge in [-0.15, -0.1) is 0 Å². The molecule has 3 rings (SSSR count). The van der Waals surface area contributed by atoms with E-state index in [0.717, 1.165) is 12.0 Å². The maximum atomic E-state index is 11.0. The van der Waals surface area contributed by atoms with Crippen molar-refractivity contribution in [2.45, 2.75) is 25.8 Å². The Hall–Kier alpha value is -3.73. The number of non-ortho nitro benzene ring substituents is 1. The molecule has 27 heavy (non-hydrogen) atoms. The van der Waals surface area contributed by atoms with Gasteiger partial charge in [0.25, 0.3) is 5.69 Å². The van der Waals surface area contributed by atoms with Gasteiger partial charge in [0.2, 0.25) is 5.89 Å². The summed E-state index contributed by atoms with van der Waals surface area (Å²) >= 11 is 0. The van der Waals surface area contributed by atoms with E-state index in [4.69, 9.17) is 4.52 Å². The molecule has 0 saturated carbocycles. The average molecular weight is 363 g/mol. The molecule has 2 aromatic carbocycles. The van der Waals surface area contributed by atoms with Crippen LogP contribution in [0.4, 0.5) is 11.4 Å². The first-order valence-electron chi connectivity index (χ1n) is 8.45. The summed E-state index contributed by atoms with van der Waals surface area (Å²) < 4.78 is 5.30. The van der Waals surface area contributed by atoms with Gasteiger partial charge in [0, 0.05) is 18.6 Å². The number of anilines is 1. The van der Waals surface area contributed by atoms with Crippen molar-refractivity contribution in [3.8, 4) is 6.07 Å². The highest BCUT2D eigenvalue weighted by Gasteiger charge is 2.22. The highest BCUT2D eigenvalue weighted by atomic mass is 16.6. The third-order valence-corrected chi connectivity index (χ3v) is 3.97. The number of aromatic nitrogens is 2. The van der Waals surface area contributed by atoms with Gasteiger partial charge in [0.15, 0.2) is 5.82 Å². The Morgan fingerprint density at radius 3 is 2.74 bits per heavy atom. The van der Waals surface area contributed by atoms with Crippen LogP contribution >= 0.6 is 0 Å². The van der Waals surface area contributed by atoms with Crippen molar-refractivity contribution in [2.24, 2.45) is 0 Å². The van der Waals surface area contributed by atoms with Gasteiger partial charge in [0.05, 0.1) is 16.2 Å². The molecule has 0 spiro atoms. The standard InChI is InChI=1S/C19H17N5O3/c1-2-6-17-22-19(23-27-17)18(13-7-4-3-5-8-13)21-16-10-9-15(24(25)26)11-14(16)12-20/h3-5,7-11,18,21H,2,6H2,1H3. The van der Waals surface area contributed by atoms with E-state index in [1.54, 1.807) is 0 Å². The number of nitrogens with zero attached hydrogens (tertiary/aromatic N) is 4. The van der Waals surface area contributed by atoms with Crippen LogP contribution in [0.1, 0.15) is 42.2 Å². The molecule has 8 heteroatoms. The van der Waals surface area contributed by atoms with Crippen LogP contribution in [0.5, 0.6) is 0 Å². The Kier molecular flexibility index (Phi) is 5.42. The molecule has 0 fully saturated rings. The maximum Gasteiger partial charge on any atom is 0.270 e. The third-order valence-electron chi connectivity index (χ3n) is 3.97. The Bertz CT molecular complexity index is 979. The molecular weight excluding hydrogens is 346 g/mol. The summed E-state index contributed by atoms with van der Waals surface area (Å²) in [5.41, 5.74) is 1.36. The van der Waals surface area contributed by atoms with E-state index in [1.165, 1.54) is 18.2 Å². The fourth-order valence-corrected chi connectivity index (χ4v) is 2.66. The second-order valence-corrected chi connectivity index (χ2v) is 5.88. The van der Waals surface area contributed by atoms with E-state index >= 15 is 0 Å².